The lowest BCUT2D eigenvalue weighted by Gasteiger charge is -2.32. The first-order valence-corrected chi connectivity index (χ1v) is 9.96. The SMILES string of the molecule is COc1ccccc1C1Nc2ccc(B3OC(C)(C)C(C)(C)O3)cc2C1(C)C. The van der Waals surface area contributed by atoms with Crippen LogP contribution in [0.1, 0.15) is 58.7 Å². The van der Waals surface area contributed by atoms with Gasteiger partial charge in [0.1, 0.15) is 5.75 Å². The van der Waals surface area contributed by atoms with Gasteiger partial charge >= 0.3 is 7.12 Å². The Morgan fingerprint density at radius 3 is 2.21 bits per heavy atom. The van der Waals surface area contributed by atoms with Crippen molar-refractivity contribution >= 4 is 18.3 Å². The van der Waals surface area contributed by atoms with Crippen molar-refractivity contribution in [3.8, 4) is 5.75 Å². The van der Waals surface area contributed by atoms with E-state index in [2.05, 4.69) is 77.2 Å². The van der Waals surface area contributed by atoms with Crippen LogP contribution in [-0.2, 0) is 14.7 Å². The highest BCUT2D eigenvalue weighted by atomic mass is 16.7. The van der Waals surface area contributed by atoms with Gasteiger partial charge < -0.3 is 19.4 Å². The van der Waals surface area contributed by atoms with Crippen molar-refractivity contribution in [3.05, 3.63) is 53.6 Å². The highest BCUT2D eigenvalue weighted by molar-refractivity contribution is 6.62. The van der Waals surface area contributed by atoms with Gasteiger partial charge in [0, 0.05) is 16.7 Å². The maximum Gasteiger partial charge on any atom is 0.494 e. The first-order chi connectivity index (χ1) is 13.1. The molecule has 2 heterocycles. The standard InChI is InChI=1S/C23H30BNO3/c1-21(2)17-14-15(24-27-22(3,4)23(5,6)28-24)12-13-18(17)25-20(21)16-10-8-9-11-19(16)26-7/h8-14,20,25H,1-7H3. The molecule has 2 aromatic rings. The van der Waals surface area contributed by atoms with Crippen LogP contribution in [0, 0.1) is 0 Å². The normalized spacial score (nSPS) is 24.0. The van der Waals surface area contributed by atoms with Gasteiger partial charge in [-0.1, -0.05) is 44.2 Å². The number of benzene rings is 2. The zero-order chi connectivity index (χ0) is 20.3. The number of ether oxygens (including phenoxy) is 1. The Morgan fingerprint density at radius 2 is 1.57 bits per heavy atom. The molecular weight excluding hydrogens is 349 g/mol. The van der Waals surface area contributed by atoms with Gasteiger partial charge in [-0.25, -0.2) is 0 Å². The van der Waals surface area contributed by atoms with E-state index in [1.807, 2.05) is 12.1 Å². The average Bonchev–Trinajstić information content (AvgIpc) is 3.03. The van der Waals surface area contributed by atoms with Crippen molar-refractivity contribution in [1.82, 2.24) is 0 Å². The first-order valence-electron chi connectivity index (χ1n) is 9.96. The van der Waals surface area contributed by atoms with E-state index in [1.54, 1.807) is 7.11 Å². The first kappa shape index (κ1) is 19.3. The molecule has 1 saturated heterocycles. The Balaban J connectivity index is 1.70. The molecule has 1 N–H and O–H groups in total. The summed E-state index contributed by atoms with van der Waals surface area (Å²) < 4.78 is 18.1. The molecule has 0 saturated carbocycles. The zero-order valence-corrected chi connectivity index (χ0v) is 17.9. The van der Waals surface area contributed by atoms with Crippen LogP contribution in [0.25, 0.3) is 0 Å². The molecule has 2 aromatic carbocycles. The number of hydrogen-bond acceptors (Lipinski definition) is 4. The third kappa shape index (κ3) is 2.84. The molecule has 0 aromatic heterocycles. The second-order valence-corrected chi connectivity index (χ2v) is 9.43. The van der Waals surface area contributed by atoms with Crippen molar-refractivity contribution < 1.29 is 14.0 Å². The molecular formula is C23H30BNO3. The van der Waals surface area contributed by atoms with Crippen molar-refractivity contribution in [2.45, 2.75) is 64.2 Å². The molecule has 28 heavy (non-hydrogen) atoms. The largest absolute Gasteiger partial charge is 0.496 e. The van der Waals surface area contributed by atoms with Gasteiger partial charge in [0.25, 0.3) is 0 Å². The lowest BCUT2D eigenvalue weighted by Crippen LogP contribution is -2.41. The molecule has 1 unspecified atom stereocenters. The predicted octanol–water partition coefficient (Wildman–Crippen LogP) is 4.44. The Hall–Kier alpha value is -1.98. The number of anilines is 1. The van der Waals surface area contributed by atoms with Gasteiger partial charge in [-0.05, 0) is 50.9 Å². The maximum atomic E-state index is 6.26. The minimum Gasteiger partial charge on any atom is -0.496 e. The molecule has 1 atom stereocenters. The van der Waals surface area contributed by atoms with Gasteiger partial charge in [-0.2, -0.15) is 0 Å². The fraction of sp³-hybridized carbons (Fsp3) is 0.478. The molecule has 2 aliphatic heterocycles. The lowest BCUT2D eigenvalue weighted by atomic mass is 9.73. The fourth-order valence-electron chi connectivity index (χ4n) is 4.21. The molecule has 4 nitrogen and oxygen atoms in total. The van der Waals surface area contributed by atoms with Crippen LogP contribution in [0.3, 0.4) is 0 Å². The third-order valence-electron chi connectivity index (χ3n) is 6.73. The van der Waals surface area contributed by atoms with Crippen LogP contribution in [0.2, 0.25) is 0 Å². The zero-order valence-electron chi connectivity index (χ0n) is 17.9. The highest BCUT2D eigenvalue weighted by Gasteiger charge is 2.52. The van der Waals surface area contributed by atoms with E-state index in [1.165, 1.54) is 11.1 Å². The highest BCUT2D eigenvalue weighted by Crippen LogP contribution is 2.50. The Morgan fingerprint density at radius 1 is 0.929 bits per heavy atom. The monoisotopic (exact) mass is 379 g/mol. The molecule has 0 radical (unpaired) electrons. The smallest absolute Gasteiger partial charge is 0.494 e. The molecule has 2 aliphatic rings. The van der Waals surface area contributed by atoms with Crippen LogP contribution in [0.4, 0.5) is 5.69 Å². The maximum absolute atomic E-state index is 6.26. The summed E-state index contributed by atoms with van der Waals surface area (Å²) in [5.41, 5.74) is 3.87. The summed E-state index contributed by atoms with van der Waals surface area (Å²) in [6.07, 6.45) is 0. The van der Waals surface area contributed by atoms with Crippen molar-refractivity contribution in [3.63, 3.8) is 0 Å². The number of methoxy groups -OCH3 is 1. The summed E-state index contributed by atoms with van der Waals surface area (Å²) in [7, 11) is 1.38. The van der Waals surface area contributed by atoms with Crippen LogP contribution in [0.5, 0.6) is 5.75 Å². The lowest BCUT2D eigenvalue weighted by molar-refractivity contribution is 0.00578. The van der Waals surface area contributed by atoms with Crippen LogP contribution in [0.15, 0.2) is 42.5 Å². The van der Waals surface area contributed by atoms with Gasteiger partial charge in [-0.15, -0.1) is 0 Å². The number of fused-ring (bicyclic) bond motifs is 1. The summed E-state index contributed by atoms with van der Waals surface area (Å²) in [6, 6.07) is 14.8. The Labute approximate surface area is 168 Å². The number of para-hydroxylation sites is 1. The van der Waals surface area contributed by atoms with Gasteiger partial charge in [0.2, 0.25) is 0 Å². The van der Waals surface area contributed by atoms with E-state index in [9.17, 15) is 0 Å². The summed E-state index contributed by atoms with van der Waals surface area (Å²) in [6.45, 7) is 12.9. The van der Waals surface area contributed by atoms with E-state index < -0.39 is 0 Å². The van der Waals surface area contributed by atoms with E-state index >= 15 is 0 Å². The second-order valence-electron chi connectivity index (χ2n) is 9.43. The van der Waals surface area contributed by atoms with Crippen molar-refractivity contribution in [2.75, 3.05) is 12.4 Å². The molecule has 0 bridgehead atoms. The topological polar surface area (TPSA) is 39.7 Å². The Bertz CT molecular complexity index is 890. The number of hydrogen-bond donors (Lipinski definition) is 1. The number of nitrogens with one attached hydrogen (secondary N) is 1. The molecule has 5 heteroatoms. The fourth-order valence-corrected chi connectivity index (χ4v) is 4.21. The molecule has 4 rings (SSSR count). The van der Waals surface area contributed by atoms with Crippen molar-refractivity contribution in [1.29, 1.82) is 0 Å². The van der Waals surface area contributed by atoms with E-state index in [0.29, 0.717) is 0 Å². The minimum absolute atomic E-state index is 0.108. The summed E-state index contributed by atoms with van der Waals surface area (Å²) in [5, 5.41) is 3.70. The van der Waals surface area contributed by atoms with Gasteiger partial charge in [0.15, 0.2) is 0 Å². The van der Waals surface area contributed by atoms with E-state index in [4.69, 9.17) is 14.0 Å². The van der Waals surface area contributed by atoms with Crippen LogP contribution < -0.4 is 15.5 Å². The summed E-state index contributed by atoms with van der Waals surface area (Å²) >= 11 is 0. The van der Waals surface area contributed by atoms with Gasteiger partial charge in [0.05, 0.1) is 24.4 Å². The Kier molecular flexibility index (Phi) is 4.33. The predicted molar refractivity (Wildman–Crippen MR) is 115 cm³/mol. The minimum atomic E-state index is -0.351. The quantitative estimate of drug-likeness (QED) is 0.801. The molecule has 0 spiro atoms. The summed E-state index contributed by atoms with van der Waals surface area (Å²) in [5.74, 6) is 0.909. The van der Waals surface area contributed by atoms with Gasteiger partial charge in [-0.3, -0.25) is 0 Å². The summed E-state index contributed by atoms with van der Waals surface area (Å²) in [4.78, 5) is 0. The van der Waals surface area contributed by atoms with Crippen molar-refractivity contribution in [2.24, 2.45) is 0 Å². The number of rotatable bonds is 3. The van der Waals surface area contributed by atoms with Crippen LogP contribution >= 0.6 is 0 Å². The van der Waals surface area contributed by atoms with Crippen LogP contribution in [-0.4, -0.2) is 25.4 Å². The molecule has 148 valence electrons. The third-order valence-corrected chi connectivity index (χ3v) is 6.73. The second kappa shape index (κ2) is 6.26. The molecule has 0 amide bonds. The van der Waals surface area contributed by atoms with E-state index in [0.717, 1.165) is 16.9 Å². The van der Waals surface area contributed by atoms with E-state index in [-0.39, 0.29) is 29.8 Å². The molecule has 0 aliphatic carbocycles. The average molecular weight is 379 g/mol. The molecule has 1 fully saturated rings.